The van der Waals surface area contributed by atoms with Crippen LogP contribution in [0.4, 0.5) is 5.82 Å². The van der Waals surface area contributed by atoms with E-state index in [1.807, 2.05) is 13.8 Å². The number of fused-ring (bicyclic) bond motifs is 1. The summed E-state index contributed by atoms with van der Waals surface area (Å²) in [6.07, 6.45) is 4.58. The van der Waals surface area contributed by atoms with Crippen LogP contribution >= 0.6 is 0 Å². The lowest BCUT2D eigenvalue weighted by atomic mass is 10.0. The zero-order chi connectivity index (χ0) is 17.8. The van der Waals surface area contributed by atoms with E-state index in [0.29, 0.717) is 24.9 Å². The zero-order valence-corrected chi connectivity index (χ0v) is 15.4. The number of nitrogens with zero attached hydrogens (tertiary/aromatic N) is 6. The Morgan fingerprint density at radius 1 is 1.08 bits per heavy atom. The second-order valence-electron chi connectivity index (χ2n) is 7.00. The SMILES string of the molecule is Cc1ncnc(N2CC3CN(S(=O)(=O)c4cnn(C)c4)CC3C2)c1C. The minimum atomic E-state index is -3.45. The first-order valence-electron chi connectivity index (χ1n) is 8.38. The van der Waals surface area contributed by atoms with Crippen LogP contribution < -0.4 is 4.90 Å². The first kappa shape index (κ1) is 16.5. The average Bonchev–Trinajstić information content (AvgIpc) is 3.24. The Hall–Kier alpha value is -2.00. The Kier molecular flexibility index (Phi) is 3.80. The normalized spacial score (nSPS) is 24.0. The Morgan fingerprint density at radius 3 is 2.36 bits per heavy atom. The lowest BCUT2D eigenvalue weighted by Crippen LogP contribution is -2.33. The van der Waals surface area contributed by atoms with Crippen molar-refractivity contribution in [2.24, 2.45) is 18.9 Å². The third-order valence-corrected chi connectivity index (χ3v) is 7.17. The molecular formula is C16H22N6O2S. The maximum absolute atomic E-state index is 12.8. The van der Waals surface area contributed by atoms with Crippen molar-refractivity contribution in [1.82, 2.24) is 24.1 Å². The highest BCUT2D eigenvalue weighted by molar-refractivity contribution is 7.89. The molecule has 2 aromatic heterocycles. The van der Waals surface area contributed by atoms with Gasteiger partial charge in [0.05, 0.1) is 6.20 Å². The van der Waals surface area contributed by atoms with Crippen LogP contribution in [0.1, 0.15) is 11.3 Å². The van der Waals surface area contributed by atoms with E-state index in [1.165, 1.54) is 10.9 Å². The fourth-order valence-corrected chi connectivity index (χ4v) is 5.38. The lowest BCUT2D eigenvalue weighted by Gasteiger charge is -2.23. The van der Waals surface area contributed by atoms with Crippen LogP contribution in [0.5, 0.6) is 0 Å². The molecule has 0 saturated carbocycles. The van der Waals surface area contributed by atoms with Crippen LogP contribution in [0, 0.1) is 25.7 Å². The van der Waals surface area contributed by atoms with Crippen LogP contribution in [0.25, 0.3) is 0 Å². The van der Waals surface area contributed by atoms with Gasteiger partial charge in [-0.2, -0.15) is 9.40 Å². The molecule has 0 N–H and O–H groups in total. The highest BCUT2D eigenvalue weighted by atomic mass is 32.2. The van der Waals surface area contributed by atoms with Crippen LogP contribution in [0.3, 0.4) is 0 Å². The van der Waals surface area contributed by atoms with Crippen molar-refractivity contribution in [1.29, 1.82) is 0 Å². The van der Waals surface area contributed by atoms with Crippen LogP contribution in [-0.4, -0.2) is 58.7 Å². The summed E-state index contributed by atoms with van der Waals surface area (Å²) in [6, 6.07) is 0. The molecule has 8 nitrogen and oxygen atoms in total. The third-order valence-electron chi connectivity index (χ3n) is 5.38. The molecule has 2 atom stereocenters. The molecule has 9 heteroatoms. The number of hydrogen-bond acceptors (Lipinski definition) is 6. The summed E-state index contributed by atoms with van der Waals surface area (Å²) in [6.45, 7) is 6.81. The Bertz CT molecular complexity index is 895. The van der Waals surface area contributed by atoms with E-state index >= 15 is 0 Å². The van der Waals surface area contributed by atoms with Gasteiger partial charge in [0.25, 0.3) is 0 Å². The summed E-state index contributed by atoms with van der Waals surface area (Å²) in [5, 5.41) is 3.98. The molecule has 0 amide bonds. The molecule has 2 saturated heterocycles. The highest BCUT2D eigenvalue weighted by Crippen LogP contribution is 2.36. The van der Waals surface area contributed by atoms with Gasteiger partial charge in [-0.05, 0) is 25.7 Å². The summed E-state index contributed by atoms with van der Waals surface area (Å²) < 4.78 is 28.7. The fraction of sp³-hybridized carbons (Fsp3) is 0.562. The maximum atomic E-state index is 12.8. The van der Waals surface area contributed by atoms with Crippen molar-refractivity contribution in [3.05, 3.63) is 30.0 Å². The second kappa shape index (κ2) is 5.77. The lowest BCUT2D eigenvalue weighted by molar-refractivity contribution is 0.453. The van der Waals surface area contributed by atoms with Gasteiger partial charge in [-0.25, -0.2) is 18.4 Å². The fourth-order valence-electron chi connectivity index (χ4n) is 3.84. The summed E-state index contributed by atoms with van der Waals surface area (Å²) in [5.41, 5.74) is 2.09. The van der Waals surface area contributed by atoms with Gasteiger partial charge in [-0.15, -0.1) is 0 Å². The summed E-state index contributed by atoms with van der Waals surface area (Å²) in [7, 11) is -1.73. The van der Waals surface area contributed by atoms with Gasteiger partial charge in [0.15, 0.2) is 0 Å². The van der Waals surface area contributed by atoms with E-state index in [1.54, 1.807) is 23.9 Å². The zero-order valence-electron chi connectivity index (χ0n) is 14.6. The first-order chi connectivity index (χ1) is 11.9. The Balaban J connectivity index is 1.50. The molecule has 2 aromatic rings. The number of anilines is 1. The molecule has 0 spiro atoms. The molecule has 4 heterocycles. The Morgan fingerprint density at radius 2 is 1.76 bits per heavy atom. The molecule has 2 unspecified atom stereocenters. The number of sulfonamides is 1. The van der Waals surface area contributed by atoms with Gasteiger partial charge >= 0.3 is 0 Å². The van der Waals surface area contributed by atoms with E-state index < -0.39 is 10.0 Å². The van der Waals surface area contributed by atoms with Gasteiger partial charge in [-0.3, -0.25) is 4.68 Å². The number of hydrogen-bond donors (Lipinski definition) is 0. The largest absolute Gasteiger partial charge is 0.356 e. The standard InChI is InChI=1S/C16H22N6O2S/c1-11-12(2)17-10-18-16(11)21-5-13-7-22(8-14(13)6-21)25(23,24)15-4-19-20(3)9-15/h4,9-10,13-14H,5-8H2,1-3H3. The molecule has 2 aliphatic heterocycles. The molecule has 134 valence electrons. The van der Waals surface area contributed by atoms with Gasteiger partial charge in [0.2, 0.25) is 10.0 Å². The summed E-state index contributed by atoms with van der Waals surface area (Å²) >= 11 is 0. The predicted octanol–water partition coefficient (Wildman–Crippen LogP) is 0.584. The first-order valence-corrected chi connectivity index (χ1v) is 9.82. The summed E-state index contributed by atoms with van der Waals surface area (Å²) in [4.78, 5) is 11.2. The van der Waals surface area contributed by atoms with Gasteiger partial charge in [0, 0.05) is 50.7 Å². The smallest absolute Gasteiger partial charge is 0.246 e. The minimum Gasteiger partial charge on any atom is -0.356 e. The molecule has 0 aliphatic carbocycles. The van der Waals surface area contributed by atoms with Crippen LogP contribution in [0.2, 0.25) is 0 Å². The monoisotopic (exact) mass is 362 g/mol. The topological polar surface area (TPSA) is 84.2 Å². The highest BCUT2D eigenvalue weighted by Gasteiger charge is 2.45. The van der Waals surface area contributed by atoms with E-state index in [9.17, 15) is 8.42 Å². The summed E-state index contributed by atoms with van der Waals surface area (Å²) in [5.74, 6) is 1.64. The Labute approximate surface area is 147 Å². The van der Waals surface area contributed by atoms with Crippen molar-refractivity contribution < 1.29 is 8.42 Å². The van der Waals surface area contributed by atoms with Gasteiger partial charge < -0.3 is 4.90 Å². The molecule has 4 rings (SSSR count). The molecule has 2 aliphatic rings. The molecule has 0 aromatic carbocycles. The molecule has 25 heavy (non-hydrogen) atoms. The molecule has 2 fully saturated rings. The second-order valence-corrected chi connectivity index (χ2v) is 8.94. The van der Waals surface area contributed by atoms with Gasteiger partial charge in [0.1, 0.15) is 17.0 Å². The van der Waals surface area contributed by atoms with E-state index in [2.05, 4.69) is 20.0 Å². The van der Waals surface area contributed by atoms with Crippen molar-refractivity contribution in [3.8, 4) is 0 Å². The van der Waals surface area contributed by atoms with Crippen molar-refractivity contribution in [2.45, 2.75) is 18.7 Å². The molecular weight excluding hydrogens is 340 g/mol. The predicted molar refractivity (Wildman–Crippen MR) is 92.7 cm³/mol. The quantitative estimate of drug-likeness (QED) is 0.794. The van der Waals surface area contributed by atoms with E-state index in [-0.39, 0.29) is 4.90 Å². The van der Waals surface area contributed by atoms with E-state index in [4.69, 9.17) is 0 Å². The van der Waals surface area contributed by atoms with Crippen LogP contribution in [-0.2, 0) is 17.1 Å². The number of rotatable bonds is 3. The molecule has 0 bridgehead atoms. The third kappa shape index (κ3) is 2.71. The average molecular weight is 362 g/mol. The number of aryl methyl sites for hydroxylation is 2. The van der Waals surface area contributed by atoms with Crippen LogP contribution in [0.15, 0.2) is 23.6 Å². The number of aromatic nitrogens is 4. The van der Waals surface area contributed by atoms with Crippen molar-refractivity contribution in [3.63, 3.8) is 0 Å². The van der Waals surface area contributed by atoms with Crippen molar-refractivity contribution in [2.75, 3.05) is 31.1 Å². The maximum Gasteiger partial charge on any atom is 0.246 e. The molecule has 0 radical (unpaired) electrons. The minimum absolute atomic E-state index is 0.272. The van der Waals surface area contributed by atoms with Gasteiger partial charge in [-0.1, -0.05) is 0 Å². The van der Waals surface area contributed by atoms with Crippen molar-refractivity contribution >= 4 is 15.8 Å². The van der Waals surface area contributed by atoms with E-state index in [0.717, 1.165) is 30.2 Å².